The van der Waals surface area contributed by atoms with Crippen molar-refractivity contribution in [3.63, 3.8) is 0 Å². The van der Waals surface area contributed by atoms with Crippen LogP contribution in [0.5, 0.6) is 0 Å². The zero-order valence-corrected chi connectivity index (χ0v) is 19.2. The van der Waals surface area contributed by atoms with Crippen LogP contribution in [0.2, 0.25) is 0 Å². The van der Waals surface area contributed by atoms with Crippen molar-refractivity contribution in [2.24, 2.45) is 5.73 Å². The number of hydrogen-bond donors (Lipinski definition) is 1. The Kier molecular flexibility index (Phi) is 7.59. The van der Waals surface area contributed by atoms with Gasteiger partial charge in [-0.15, -0.1) is 0 Å². The maximum absolute atomic E-state index is 12.5. The highest BCUT2D eigenvalue weighted by Gasteiger charge is 2.25. The molecular formula is C25H38N4O. The van der Waals surface area contributed by atoms with Gasteiger partial charge in [-0.2, -0.15) is 0 Å². The zero-order chi connectivity index (χ0) is 21.7. The maximum Gasteiger partial charge on any atom is 0.251 e. The van der Waals surface area contributed by atoms with Crippen molar-refractivity contribution in [3.05, 3.63) is 41.2 Å². The first-order valence-electron chi connectivity index (χ1n) is 11.5. The molecule has 5 nitrogen and oxygen atoms in total. The molecule has 164 valence electrons. The molecule has 0 saturated carbocycles. The van der Waals surface area contributed by atoms with Crippen LogP contribution in [-0.4, -0.2) is 49.1 Å². The van der Waals surface area contributed by atoms with Crippen LogP contribution in [-0.2, 0) is 13.0 Å². The van der Waals surface area contributed by atoms with Crippen LogP contribution in [0.15, 0.2) is 24.3 Å². The van der Waals surface area contributed by atoms with Crippen LogP contribution >= 0.6 is 0 Å². The van der Waals surface area contributed by atoms with Crippen molar-refractivity contribution in [2.45, 2.75) is 58.9 Å². The van der Waals surface area contributed by atoms with Gasteiger partial charge in [0.25, 0.3) is 5.91 Å². The summed E-state index contributed by atoms with van der Waals surface area (Å²) in [4.78, 5) is 17.2. The van der Waals surface area contributed by atoms with Crippen molar-refractivity contribution in [1.82, 2.24) is 9.47 Å². The van der Waals surface area contributed by atoms with Gasteiger partial charge in [-0.3, -0.25) is 4.79 Å². The lowest BCUT2D eigenvalue weighted by Crippen LogP contribution is -2.33. The molecule has 1 aliphatic rings. The minimum absolute atomic E-state index is 0.325. The third-order valence-corrected chi connectivity index (χ3v) is 6.41. The van der Waals surface area contributed by atoms with E-state index < -0.39 is 0 Å². The van der Waals surface area contributed by atoms with Gasteiger partial charge in [0.05, 0.1) is 5.56 Å². The van der Waals surface area contributed by atoms with E-state index >= 15 is 0 Å². The van der Waals surface area contributed by atoms with E-state index in [1.807, 2.05) is 14.1 Å². The first-order valence-corrected chi connectivity index (χ1v) is 11.5. The highest BCUT2D eigenvalue weighted by atomic mass is 16.1. The Bertz CT molecular complexity index is 845. The SMILES string of the molecule is CCCCc1c(-c2ccc(N(C)C)cc2)c(C(N)=O)c(C)n1CCN1CCCCC1. The molecule has 0 unspecified atom stereocenters. The van der Waals surface area contributed by atoms with Crippen molar-refractivity contribution in [1.29, 1.82) is 0 Å². The minimum atomic E-state index is -0.325. The highest BCUT2D eigenvalue weighted by molar-refractivity contribution is 6.02. The lowest BCUT2D eigenvalue weighted by atomic mass is 9.97. The van der Waals surface area contributed by atoms with Crippen LogP contribution in [0.25, 0.3) is 11.1 Å². The monoisotopic (exact) mass is 410 g/mol. The molecule has 2 aromatic rings. The van der Waals surface area contributed by atoms with E-state index in [9.17, 15) is 4.79 Å². The van der Waals surface area contributed by atoms with Crippen molar-refractivity contribution in [2.75, 3.05) is 38.6 Å². The van der Waals surface area contributed by atoms with Crippen LogP contribution in [0.1, 0.15) is 60.8 Å². The number of rotatable bonds is 9. The van der Waals surface area contributed by atoms with E-state index in [1.54, 1.807) is 0 Å². The third-order valence-electron chi connectivity index (χ3n) is 6.41. The number of carbonyl (C=O) groups excluding carboxylic acids is 1. The minimum Gasteiger partial charge on any atom is -0.378 e. The highest BCUT2D eigenvalue weighted by Crippen LogP contribution is 2.35. The van der Waals surface area contributed by atoms with Gasteiger partial charge < -0.3 is 20.1 Å². The first kappa shape index (κ1) is 22.4. The lowest BCUT2D eigenvalue weighted by Gasteiger charge is -2.27. The molecule has 0 radical (unpaired) electrons. The zero-order valence-electron chi connectivity index (χ0n) is 19.2. The quantitative estimate of drug-likeness (QED) is 0.664. The van der Waals surface area contributed by atoms with Gasteiger partial charge in [-0.25, -0.2) is 0 Å². The summed E-state index contributed by atoms with van der Waals surface area (Å²) in [5.41, 5.74) is 12.1. The number of benzene rings is 1. The van der Waals surface area contributed by atoms with Gasteiger partial charge in [0, 0.05) is 49.8 Å². The number of unbranched alkanes of at least 4 members (excludes halogenated alkanes) is 1. The second-order valence-corrected chi connectivity index (χ2v) is 8.75. The average Bonchev–Trinajstić information content (AvgIpc) is 3.03. The number of nitrogens with two attached hydrogens (primary N) is 1. The second kappa shape index (κ2) is 10.2. The fraction of sp³-hybridized carbons (Fsp3) is 0.560. The van der Waals surface area contributed by atoms with E-state index in [0.29, 0.717) is 5.56 Å². The molecule has 2 heterocycles. The number of amides is 1. The molecule has 0 aliphatic carbocycles. The summed E-state index contributed by atoms with van der Waals surface area (Å²) in [7, 11) is 4.08. The predicted octanol–water partition coefficient (Wildman–Crippen LogP) is 4.46. The number of anilines is 1. The van der Waals surface area contributed by atoms with Gasteiger partial charge in [-0.1, -0.05) is 31.9 Å². The standard InChI is InChI=1S/C25H38N4O/c1-5-6-10-22-24(20-11-13-21(14-12-20)27(3)4)23(25(26)30)19(2)29(22)18-17-28-15-8-7-9-16-28/h11-14H,5-10,15-18H2,1-4H3,(H2,26,30). The van der Waals surface area contributed by atoms with E-state index in [4.69, 9.17) is 5.73 Å². The van der Waals surface area contributed by atoms with E-state index in [2.05, 4.69) is 52.5 Å². The lowest BCUT2D eigenvalue weighted by molar-refractivity contribution is 0.1000. The van der Waals surface area contributed by atoms with Crippen molar-refractivity contribution < 1.29 is 4.79 Å². The molecule has 1 aliphatic heterocycles. The Morgan fingerprint density at radius 3 is 2.30 bits per heavy atom. The molecule has 1 fully saturated rings. The number of piperidine rings is 1. The Labute approximate surface area is 181 Å². The third kappa shape index (κ3) is 4.89. The van der Waals surface area contributed by atoms with Crippen LogP contribution in [0, 0.1) is 6.92 Å². The van der Waals surface area contributed by atoms with Crippen molar-refractivity contribution >= 4 is 11.6 Å². The van der Waals surface area contributed by atoms with Gasteiger partial charge >= 0.3 is 0 Å². The molecule has 1 aromatic carbocycles. The summed E-state index contributed by atoms with van der Waals surface area (Å²) >= 11 is 0. The number of nitrogens with zero attached hydrogens (tertiary/aromatic N) is 3. The Hall–Kier alpha value is -2.27. The molecule has 1 amide bonds. The molecule has 1 saturated heterocycles. The largest absolute Gasteiger partial charge is 0.378 e. The fourth-order valence-electron chi connectivity index (χ4n) is 4.67. The summed E-state index contributed by atoms with van der Waals surface area (Å²) in [6.45, 7) is 8.60. The smallest absolute Gasteiger partial charge is 0.251 e. The van der Waals surface area contributed by atoms with E-state index in [1.165, 1.54) is 38.0 Å². The number of likely N-dealkylation sites (tertiary alicyclic amines) is 1. The molecule has 0 bridgehead atoms. The second-order valence-electron chi connectivity index (χ2n) is 8.75. The Balaban J connectivity index is 2.02. The van der Waals surface area contributed by atoms with Gasteiger partial charge in [-0.05, 0) is 63.4 Å². The molecule has 2 N–H and O–H groups in total. The summed E-state index contributed by atoms with van der Waals surface area (Å²) in [5, 5.41) is 0. The Morgan fingerprint density at radius 2 is 1.73 bits per heavy atom. The molecule has 3 rings (SSSR count). The molecule has 0 spiro atoms. The van der Waals surface area contributed by atoms with E-state index in [-0.39, 0.29) is 5.91 Å². The molecule has 30 heavy (non-hydrogen) atoms. The van der Waals surface area contributed by atoms with Gasteiger partial charge in [0.15, 0.2) is 0 Å². The number of primary amides is 1. The maximum atomic E-state index is 12.5. The van der Waals surface area contributed by atoms with Crippen molar-refractivity contribution in [3.8, 4) is 11.1 Å². The predicted molar refractivity (Wildman–Crippen MR) is 126 cm³/mol. The van der Waals surface area contributed by atoms with Crippen LogP contribution < -0.4 is 10.6 Å². The average molecular weight is 411 g/mol. The summed E-state index contributed by atoms with van der Waals surface area (Å²) < 4.78 is 2.37. The summed E-state index contributed by atoms with van der Waals surface area (Å²) in [6.07, 6.45) is 7.14. The fourth-order valence-corrected chi connectivity index (χ4v) is 4.67. The van der Waals surface area contributed by atoms with Crippen LogP contribution in [0.3, 0.4) is 0 Å². The molecule has 1 aromatic heterocycles. The Morgan fingerprint density at radius 1 is 1.07 bits per heavy atom. The van der Waals surface area contributed by atoms with Crippen LogP contribution in [0.4, 0.5) is 5.69 Å². The van der Waals surface area contributed by atoms with E-state index in [0.717, 1.165) is 54.9 Å². The number of aromatic nitrogens is 1. The molecular weight excluding hydrogens is 372 g/mol. The van der Waals surface area contributed by atoms with Gasteiger partial charge in [0.1, 0.15) is 0 Å². The normalized spacial score (nSPS) is 14.8. The summed E-state index contributed by atoms with van der Waals surface area (Å²) in [6, 6.07) is 8.48. The molecule has 5 heteroatoms. The first-order chi connectivity index (χ1) is 14.4. The number of carbonyl (C=O) groups is 1. The topological polar surface area (TPSA) is 54.5 Å². The molecule has 0 atom stereocenters. The number of hydrogen-bond acceptors (Lipinski definition) is 3. The summed E-state index contributed by atoms with van der Waals surface area (Å²) in [5.74, 6) is -0.325. The van der Waals surface area contributed by atoms with Gasteiger partial charge in [0.2, 0.25) is 0 Å².